The van der Waals surface area contributed by atoms with E-state index in [0.717, 1.165) is 24.1 Å². The standard InChI is InChI=1S/C25H29N3O2/c29-23-25(20-12-3-1-4-13-20,21-14-5-2-6-15-21)26-24(30)28(23)18-27-17-9-11-19-10-7-8-16-22(19)27/h1-6,12-15,19,22H,7-11,16-18H2,(H,26,30)/t19-,22-/m0/s1. The summed E-state index contributed by atoms with van der Waals surface area (Å²) in [4.78, 5) is 30.9. The number of piperidine rings is 1. The van der Waals surface area contributed by atoms with Gasteiger partial charge in [-0.05, 0) is 42.7 Å². The first-order valence-corrected chi connectivity index (χ1v) is 11.2. The molecule has 0 aromatic heterocycles. The third-order valence-electron chi connectivity index (χ3n) is 7.20. The Morgan fingerprint density at radius 1 is 0.833 bits per heavy atom. The third kappa shape index (κ3) is 3.12. The van der Waals surface area contributed by atoms with E-state index in [4.69, 9.17) is 0 Å². The van der Waals surface area contributed by atoms with Crippen LogP contribution in [0.5, 0.6) is 0 Å². The first kappa shape index (κ1) is 19.3. The fraction of sp³-hybridized carbons (Fsp3) is 0.440. The minimum atomic E-state index is -1.17. The van der Waals surface area contributed by atoms with E-state index in [2.05, 4.69) is 10.2 Å². The van der Waals surface area contributed by atoms with Gasteiger partial charge in [0.1, 0.15) is 0 Å². The molecule has 0 spiro atoms. The van der Waals surface area contributed by atoms with Crippen molar-refractivity contribution >= 4 is 11.9 Å². The summed E-state index contributed by atoms with van der Waals surface area (Å²) in [5.41, 5.74) is 0.430. The molecule has 3 aliphatic rings. The molecule has 1 saturated carbocycles. The van der Waals surface area contributed by atoms with Gasteiger partial charge in [-0.1, -0.05) is 73.5 Å². The van der Waals surface area contributed by atoms with Crippen LogP contribution in [0.15, 0.2) is 60.7 Å². The lowest BCUT2D eigenvalue weighted by Gasteiger charge is -2.45. The van der Waals surface area contributed by atoms with Crippen LogP contribution in [-0.4, -0.2) is 41.0 Å². The van der Waals surface area contributed by atoms with E-state index in [1.807, 2.05) is 60.7 Å². The predicted molar refractivity (Wildman–Crippen MR) is 116 cm³/mol. The Morgan fingerprint density at radius 3 is 2.10 bits per heavy atom. The summed E-state index contributed by atoms with van der Waals surface area (Å²) in [5, 5.41) is 3.07. The van der Waals surface area contributed by atoms with E-state index >= 15 is 0 Å². The van der Waals surface area contributed by atoms with Crippen molar-refractivity contribution in [1.82, 2.24) is 15.1 Å². The van der Waals surface area contributed by atoms with Crippen LogP contribution in [-0.2, 0) is 10.3 Å². The van der Waals surface area contributed by atoms with Gasteiger partial charge in [0.25, 0.3) is 5.91 Å². The summed E-state index contributed by atoms with van der Waals surface area (Å²) >= 11 is 0. The van der Waals surface area contributed by atoms with Crippen LogP contribution in [0.4, 0.5) is 4.79 Å². The maximum atomic E-state index is 13.9. The average molecular weight is 404 g/mol. The molecule has 1 N–H and O–H groups in total. The van der Waals surface area contributed by atoms with Gasteiger partial charge in [-0.2, -0.15) is 0 Å². The molecule has 3 amide bonds. The van der Waals surface area contributed by atoms with Crippen LogP contribution in [0.1, 0.15) is 49.7 Å². The first-order valence-electron chi connectivity index (χ1n) is 11.2. The Kier molecular flexibility index (Phi) is 5.07. The third-order valence-corrected chi connectivity index (χ3v) is 7.20. The number of nitrogens with zero attached hydrogens (tertiary/aromatic N) is 2. The molecule has 5 rings (SSSR count). The fourth-order valence-corrected chi connectivity index (χ4v) is 5.72. The van der Waals surface area contributed by atoms with Gasteiger partial charge in [0.2, 0.25) is 0 Å². The van der Waals surface area contributed by atoms with E-state index in [1.54, 1.807) is 0 Å². The van der Waals surface area contributed by atoms with Crippen molar-refractivity contribution in [2.75, 3.05) is 13.2 Å². The molecule has 2 saturated heterocycles. The number of carbonyl (C=O) groups is 2. The number of carbonyl (C=O) groups excluding carboxylic acids is 2. The van der Waals surface area contributed by atoms with Gasteiger partial charge < -0.3 is 5.32 Å². The van der Waals surface area contributed by atoms with Crippen LogP contribution in [0, 0.1) is 5.92 Å². The molecule has 2 heterocycles. The second-order valence-corrected chi connectivity index (χ2v) is 8.85. The van der Waals surface area contributed by atoms with Crippen LogP contribution in [0.25, 0.3) is 0 Å². The SMILES string of the molecule is O=C1NC(c2ccccc2)(c2ccccc2)C(=O)N1CN1CCC[C@@H]2CCCC[C@@H]21. The normalized spacial score (nSPS) is 26.3. The lowest BCUT2D eigenvalue weighted by molar-refractivity contribution is -0.132. The Labute approximate surface area is 178 Å². The number of fused-ring (bicyclic) bond motifs is 1. The molecule has 2 aromatic carbocycles. The molecule has 30 heavy (non-hydrogen) atoms. The summed E-state index contributed by atoms with van der Waals surface area (Å²) in [6, 6.07) is 19.4. The minimum absolute atomic E-state index is 0.178. The molecule has 5 nitrogen and oxygen atoms in total. The lowest BCUT2D eigenvalue weighted by Crippen LogP contribution is -2.53. The van der Waals surface area contributed by atoms with E-state index in [1.165, 1.54) is 37.0 Å². The summed E-state index contributed by atoms with van der Waals surface area (Å²) in [6.45, 7) is 1.34. The van der Waals surface area contributed by atoms with Crippen molar-refractivity contribution in [2.24, 2.45) is 5.92 Å². The maximum Gasteiger partial charge on any atom is 0.326 e. The van der Waals surface area contributed by atoms with Gasteiger partial charge in [0.05, 0.1) is 6.67 Å². The fourth-order valence-electron chi connectivity index (χ4n) is 5.72. The van der Waals surface area contributed by atoms with Crippen LogP contribution in [0.2, 0.25) is 0 Å². The summed E-state index contributed by atoms with van der Waals surface area (Å²) in [5.74, 6) is 0.532. The largest absolute Gasteiger partial charge is 0.326 e. The number of imide groups is 1. The highest BCUT2D eigenvalue weighted by atomic mass is 16.2. The van der Waals surface area contributed by atoms with Crippen LogP contribution >= 0.6 is 0 Å². The highest BCUT2D eigenvalue weighted by Crippen LogP contribution is 2.38. The number of hydrogen-bond donors (Lipinski definition) is 1. The van der Waals surface area contributed by atoms with Crippen molar-refractivity contribution in [2.45, 2.75) is 50.1 Å². The van der Waals surface area contributed by atoms with Crippen LogP contribution in [0.3, 0.4) is 0 Å². The van der Waals surface area contributed by atoms with Crippen molar-refractivity contribution in [3.8, 4) is 0 Å². The summed E-state index contributed by atoms with van der Waals surface area (Å²) in [6.07, 6.45) is 7.43. The van der Waals surface area contributed by atoms with Gasteiger partial charge in [-0.3, -0.25) is 9.69 Å². The van der Waals surface area contributed by atoms with Gasteiger partial charge in [-0.25, -0.2) is 9.69 Å². The molecule has 2 aliphatic heterocycles. The molecule has 0 unspecified atom stereocenters. The zero-order valence-electron chi connectivity index (χ0n) is 17.3. The molecular weight excluding hydrogens is 374 g/mol. The number of hydrogen-bond acceptors (Lipinski definition) is 3. The Bertz CT molecular complexity index is 873. The number of urea groups is 1. The topological polar surface area (TPSA) is 52.7 Å². The molecule has 2 aromatic rings. The van der Waals surface area contributed by atoms with Gasteiger partial charge in [-0.15, -0.1) is 0 Å². The highest BCUT2D eigenvalue weighted by Gasteiger charge is 2.54. The number of benzene rings is 2. The molecule has 0 radical (unpaired) electrons. The average Bonchev–Trinajstić information content (AvgIpc) is 3.06. The molecular formula is C25H29N3O2. The lowest BCUT2D eigenvalue weighted by atomic mass is 9.78. The summed E-state index contributed by atoms with van der Waals surface area (Å²) in [7, 11) is 0. The van der Waals surface area contributed by atoms with Gasteiger partial charge in [0.15, 0.2) is 5.54 Å². The van der Waals surface area contributed by atoms with E-state index in [0.29, 0.717) is 18.6 Å². The molecule has 3 fully saturated rings. The second-order valence-electron chi connectivity index (χ2n) is 8.85. The zero-order valence-corrected chi connectivity index (χ0v) is 17.3. The molecule has 5 heteroatoms. The van der Waals surface area contributed by atoms with Crippen molar-refractivity contribution in [3.05, 3.63) is 71.8 Å². The van der Waals surface area contributed by atoms with Gasteiger partial charge >= 0.3 is 6.03 Å². The number of nitrogens with one attached hydrogen (secondary N) is 1. The predicted octanol–water partition coefficient (Wildman–Crippen LogP) is 4.09. The van der Waals surface area contributed by atoms with E-state index in [-0.39, 0.29) is 11.9 Å². The highest BCUT2D eigenvalue weighted by molar-refractivity contribution is 6.09. The maximum absolute atomic E-state index is 13.9. The van der Waals surface area contributed by atoms with E-state index < -0.39 is 5.54 Å². The molecule has 0 bridgehead atoms. The van der Waals surface area contributed by atoms with Crippen LogP contribution < -0.4 is 5.32 Å². The van der Waals surface area contributed by atoms with Crippen molar-refractivity contribution < 1.29 is 9.59 Å². The number of likely N-dealkylation sites (tertiary alicyclic amines) is 1. The van der Waals surface area contributed by atoms with Gasteiger partial charge in [0, 0.05) is 12.6 Å². The van der Waals surface area contributed by atoms with Crippen molar-refractivity contribution in [3.63, 3.8) is 0 Å². The first-order chi connectivity index (χ1) is 14.7. The second kappa shape index (κ2) is 7.88. The quantitative estimate of drug-likeness (QED) is 0.782. The molecule has 156 valence electrons. The molecule has 2 atom stereocenters. The zero-order chi connectivity index (χ0) is 20.6. The monoisotopic (exact) mass is 403 g/mol. The van der Waals surface area contributed by atoms with Crippen molar-refractivity contribution in [1.29, 1.82) is 0 Å². The summed E-state index contributed by atoms with van der Waals surface area (Å²) < 4.78 is 0. The Balaban J connectivity index is 1.48. The minimum Gasteiger partial charge on any atom is -0.315 e. The number of amides is 3. The Hall–Kier alpha value is -2.66. The Morgan fingerprint density at radius 2 is 1.43 bits per heavy atom. The van der Waals surface area contributed by atoms with E-state index in [9.17, 15) is 9.59 Å². The molecule has 1 aliphatic carbocycles. The number of rotatable bonds is 4. The smallest absolute Gasteiger partial charge is 0.315 e.